The summed E-state index contributed by atoms with van der Waals surface area (Å²) in [5, 5.41) is 3.65. The minimum atomic E-state index is -4.03. The van der Waals surface area contributed by atoms with Gasteiger partial charge in [-0.1, -0.05) is 18.2 Å². The predicted octanol–water partition coefficient (Wildman–Crippen LogP) is 2.62. The summed E-state index contributed by atoms with van der Waals surface area (Å²) in [5.74, 6) is 0.206. The maximum Gasteiger partial charge on any atom is 0.339 e. The standard InChI is InChI=1S/C16H16BrN3O5S/c1-2-24-14-9-11(10-19-20-16(18)21)8-13(17)15(14)25-26(22,23)12-6-4-3-5-7-12/h3-10H,2H2,1H3,(H3,18,20,21)/b19-10-. The molecular weight excluding hydrogens is 426 g/mol. The highest BCUT2D eigenvalue weighted by Crippen LogP contribution is 2.38. The molecular formula is C16H16BrN3O5S. The van der Waals surface area contributed by atoms with Gasteiger partial charge in [0.2, 0.25) is 0 Å². The van der Waals surface area contributed by atoms with Crippen LogP contribution in [0.1, 0.15) is 12.5 Å². The van der Waals surface area contributed by atoms with Crippen LogP contribution in [0.2, 0.25) is 0 Å². The van der Waals surface area contributed by atoms with Crippen molar-refractivity contribution in [1.29, 1.82) is 0 Å². The van der Waals surface area contributed by atoms with Crippen molar-refractivity contribution in [2.75, 3.05) is 6.61 Å². The molecule has 0 aliphatic rings. The van der Waals surface area contributed by atoms with Crippen LogP contribution in [0.4, 0.5) is 4.79 Å². The first-order chi connectivity index (χ1) is 12.3. The van der Waals surface area contributed by atoms with Crippen molar-refractivity contribution in [3.63, 3.8) is 0 Å². The SMILES string of the molecule is CCOc1cc(/C=N\NC(N)=O)cc(Br)c1OS(=O)(=O)c1ccccc1. The number of halogens is 1. The minimum Gasteiger partial charge on any atom is -0.490 e. The fraction of sp³-hybridized carbons (Fsp3) is 0.125. The van der Waals surface area contributed by atoms with Crippen LogP contribution in [0.3, 0.4) is 0 Å². The summed E-state index contributed by atoms with van der Waals surface area (Å²) in [4.78, 5) is 10.7. The average Bonchev–Trinajstić information content (AvgIpc) is 2.59. The maximum atomic E-state index is 12.5. The van der Waals surface area contributed by atoms with E-state index >= 15 is 0 Å². The number of hydrogen-bond acceptors (Lipinski definition) is 6. The van der Waals surface area contributed by atoms with Crippen LogP contribution in [-0.2, 0) is 10.1 Å². The second-order valence-corrected chi connectivity index (χ2v) is 7.25. The smallest absolute Gasteiger partial charge is 0.339 e. The Balaban J connectivity index is 2.38. The Kier molecular flexibility index (Phi) is 6.58. The highest BCUT2D eigenvalue weighted by molar-refractivity contribution is 9.10. The first-order valence-electron chi connectivity index (χ1n) is 7.38. The average molecular weight is 442 g/mol. The van der Waals surface area contributed by atoms with E-state index < -0.39 is 16.1 Å². The molecule has 2 amide bonds. The molecule has 0 unspecified atom stereocenters. The summed E-state index contributed by atoms with van der Waals surface area (Å²) < 4.78 is 36.0. The maximum absolute atomic E-state index is 12.5. The number of nitrogens with zero attached hydrogens (tertiary/aromatic N) is 1. The van der Waals surface area contributed by atoms with E-state index in [1.807, 2.05) is 0 Å². The van der Waals surface area contributed by atoms with Crippen molar-refractivity contribution >= 4 is 38.3 Å². The van der Waals surface area contributed by atoms with Crippen LogP contribution in [0.15, 0.2) is 56.9 Å². The monoisotopic (exact) mass is 441 g/mol. The van der Waals surface area contributed by atoms with Crippen LogP contribution in [0, 0.1) is 0 Å². The van der Waals surface area contributed by atoms with E-state index in [-0.39, 0.29) is 23.0 Å². The fourth-order valence-electron chi connectivity index (χ4n) is 1.92. The molecule has 0 radical (unpaired) electrons. The lowest BCUT2D eigenvalue weighted by Crippen LogP contribution is -2.24. The van der Waals surface area contributed by atoms with Gasteiger partial charge < -0.3 is 14.7 Å². The lowest BCUT2D eigenvalue weighted by atomic mass is 10.2. The molecule has 10 heteroatoms. The molecule has 0 aliphatic heterocycles. The minimum absolute atomic E-state index is 0.00992. The van der Waals surface area contributed by atoms with Crippen LogP contribution in [0.25, 0.3) is 0 Å². The number of ether oxygens (including phenoxy) is 1. The Morgan fingerprint density at radius 1 is 1.31 bits per heavy atom. The normalized spacial score (nSPS) is 11.3. The third-order valence-electron chi connectivity index (χ3n) is 2.94. The number of hydrogen-bond donors (Lipinski definition) is 2. The lowest BCUT2D eigenvalue weighted by molar-refractivity contribution is 0.249. The zero-order valence-electron chi connectivity index (χ0n) is 13.7. The first-order valence-corrected chi connectivity index (χ1v) is 9.58. The molecule has 2 aromatic rings. The van der Waals surface area contributed by atoms with Gasteiger partial charge >= 0.3 is 16.1 Å². The molecule has 2 aromatic carbocycles. The van der Waals surface area contributed by atoms with Gasteiger partial charge in [0.25, 0.3) is 0 Å². The molecule has 8 nitrogen and oxygen atoms in total. The second-order valence-electron chi connectivity index (χ2n) is 4.85. The fourth-order valence-corrected chi connectivity index (χ4v) is 3.55. The molecule has 0 heterocycles. The topological polar surface area (TPSA) is 120 Å². The Bertz CT molecular complexity index is 917. The summed E-state index contributed by atoms with van der Waals surface area (Å²) in [6.07, 6.45) is 1.33. The van der Waals surface area contributed by atoms with Gasteiger partial charge in [0.15, 0.2) is 11.5 Å². The zero-order valence-corrected chi connectivity index (χ0v) is 16.1. The number of carbonyl (C=O) groups excluding carboxylic acids is 1. The van der Waals surface area contributed by atoms with Crippen molar-refractivity contribution in [2.24, 2.45) is 10.8 Å². The molecule has 3 N–H and O–H groups in total. The Morgan fingerprint density at radius 3 is 2.62 bits per heavy atom. The number of rotatable bonds is 7. The van der Waals surface area contributed by atoms with Gasteiger partial charge in [-0.3, -0.25) is 0 Å². The quantitative estimate of drug-likeness (QED) is 0.388. The summed E-state index contributed by atoms with van der Waals surface area (Å²) in [5.41, 5.74) is 7.52. The second kappa shape index (κ2) is 8.68. The third kappa shape index (κ3) is 5.20. The number of urea groups is 1. The van der Waals surface area contributed by atoms with Gasteiger partial charge in [-0.05, 0) is 52.7 Å². The molecule has 0 saturated carbocycles. The predicted molar refractivity (Wildman–Crippen MR) is 99.9 cm³/mol. The van der Waals surface area contributed by atoms with E-state index in [2.05, 4.69) is 26.5 Å². The van der Waals surface area contributed by atoms with Crippen LogP contribution >= 0.6 is 15.9 Å². The highest BCUT2D eigenvalue weighted by atomic mass is 79.9. The van der Waals surface area contributed by atoms with E-state index in [1.165, 1.54) is 24.4 Å². The first kappa shape index (κ1) is 19.7. The molecule has 138 valence electrons. The van der Waals surface area contributed by atoms with E-state index in [0.717, 1.165) is 0 Å². The number of hydrazone groups is 1. The van der Waals surface area contributed by atoms with Crippen molar-refractivity contribution in [2.45, 2.75) is 11.8 Å². The van der Waals surface area contributed by atoms with Gasteiger partial charge in [-0.25, -0.2) is 10.2 Å². The Morgan fingerprint density at radius 2 is 2.00 bits per heavy atom. The Hall–Kier alpha value is -2.59. The van der Waals surface area contributed by atoms with E-state index in [4.69, 9.17) is 14.7 Å². The van der Waals surface area contributed by atoms with Crippen molar-refractivity contribution < 1.29 is 22.1 Å². The lowest BCUT2D eigenvalue weighted by Gasteiger charge is -2.14. The number of amides is 2. The molecule has 0 bridgehead atoms. The highest BCUT2D eigenvalue weighted by Gasteiger charge is 2.21. The van der Waals surface area contributed by atoms with E-state index in [1.54, 1.807) is 31.2 Å². The number of nitrogens with one attached hydrogen (secondary N) is 1. The van der Waals surface area contributed by atoms with E-state index in [0.29, 0.717) is 10.0 Å². The molecule has 0 spiro atoms. The summed E-state index contributed by atoms with van der Waals surface area (Å²) >= 11 is 3.27. The van der Waals surface area contributed by atoms with Crippen molar-refractivity contribution in [3.05, 3.63) is 52.5 Å². The Labute approximate surface area is 159 Å². The molecule has 0 saturated heterocycles. The third-order valence-corrected chi connectivity index (χ3v) is 4.77. The number of carbonyl (C=O) groups is 1. The van der Waals surface area contributed by atoms with Gasteiger partial charge in [-0.15, -0.1) is 0 Å². The largest absolute Gasteiger partial charge is 0.490 e. The summed E-state index contributed by atoms with van der Waals surface area (Å²) in [6.45, 7) is 2.03. The summed E-state index contributed by atoms with van der Waals surface area (Å²) in [6, 6.07) is 10.0. The van der Waals surface area contributed by atoms with Gasteiger partial charge in [0, 0.05) is 0 Å². The molecule has 0 aromatic heterocycles. The number of primary amides is 1. The van der Waals surface area contributed by atoms with Crippen molar-refractivity contribution in [3.8, 4) is 11.5 Å². The van der Waals surface area contributed by atoms with Crippen LogP contribution in [0.5, 0.6) is 11.5 Å². The molecule has 0 aliphatic carbocycles. The van der Waals surface area contributed by atoms with Gasteiger partial charge in [0.1, 0.15) is 4.90 Å². The van der Waals surface area contributed by atoms with Crippen molar-refractivity contribution in [1.82, 2.24) is 5.43 Å². The molecule has 26 heavy (non-hydrogen) atoms. The van der Waals surface area contributed by atoms with Gasteiger partial charge in [-0.2, -0.15) is 13.5 Å². The molecule has 2 rings (SSSR count). The molecule has 0 fully saturated rings. The van der Waals surface area contributed by atoms with Crippen LogP contribution < -0.4 is 20.1 Å². The number of benzene rings is 2. The summed E-state index contributed by atoms with van der Waals surface area (Å²) in [7, 11) is -4.03. The zero-order chi connectivity index (χ0) is 19.2. The van der Waals surface area contributed by atoms with Gasteiger partial charge in [0.05, 0.1) is 17.3 Å². The number of nitrogens with two attached hydrogens (primary N) is 1. The van der Waals surface area contributed by atoms with Crippen LogP contribution in [-0.4, -0.2) is 27.3 Å². The molecule has 0 atom stereocenters. The van der Waals surface area contributed by atoms with E-state index in [9.17, 15) is 13.2 Å².